The Hall–Kier alpha value is 0.492. The minimum atomic E-state index is 0. The number of hydrogen-bond donors (Lipinski definition) is 1. The van der Waals surface area contributed by atoms with Crippen LogP contribution in [-0.4, -0.2) is 30.5 Å². The summed E-state index contributed by atoms with van der Waals surface area (Å²) in [5.74, 6) is 0. The summed E-state index contributed by atoms with van der Waals surface area (Å²) in [7, 11) is 0. The molecule has 57 valence electrons. The fraction of sp³-hybridized carbons (Fsp3) is 0.857. The number of rotatable bonds is 2. The predicted molar refractivity (Wildman–Crippen MR) is 49.8 cm³/mol. The molecule has 0 aromatic carbocycles. The van der Waals surface area contributed by atoms with Crippen molar-refractivity contribution >= 4 is 17.4 Å². The van der Waals surface area contributed by atoms with Crippen molar-refractivity contribution in [2.24, 2.45) is 0 Å². The van der Waals surface area contributed by atoms with E-state index in [0.29, 0.717) is 0 Å². The van der Waals surface area contributed by atoms with Gasteiger partial charge in [0.15, 0.2) is 17.4 Å². The van der Waals surface area contributed by atoms with Crippen LogP contribution < -0.4 is 5.32 Å². The lowest BCUT2D eigenvalue weighted by molar-refractivity contribution is 0.762. The second-order valence-corrected chi connectivity index (χ2v) is 1.53. The topological polar surface area (TPSA) is 12.0 Å². The third kappa shape index (κ3) is 57.6. The summed E-state index contributed by atoms with van der Waals surface area (Å²) in [5, 5.41) is 3.11. The standard InChI is InChI=1S/C4H11N.C3H7.Al.3H/c1-3-5-4-2;1-3-2;;;;/h5H,3-4H2,1-2H3;3H,1-2H3;;;;. The molecule has 0 fully saturated rings. The Morgan fingerprint density at radius 2 is 1.33 bits per heavy atom. The lowest BCUT2D eigenvalue weighted by Gasteiger charge is -1.86. The van der Waals surface area contributed by atoms with Gasteiger partial charge in [0.25, 0.3) is 0 Å². The maximum Gasteiger partial charge on any atom is 0.187 e. The van der Waals surface area contributed by atoms with Gasteiger partial charge in [0.05, 0.1) is 0 Å². The number of nitrogens with one attached hydrogen (secondary N) is 1. The SMILES string of the molecule is CCNCC.C[CH]C.[AlH3]. The zero-order chi connectivity index (χ0) is 6.83. The van der Waals surface area contributed by atoms with Crippen LogP contribution in [0, 0.1) is 6.42 Å². The summed E-state index contributed by atoms with van der Waals surface area (Å²) in [6, 6.07) is 0. The van der Waals surface area contributed by atoms with Crippen molar-refractivity contribution in [2.75, 3.05) is 13.1 Å². The zero-order valence-electron chi connectivity index (χ0n) is 6.49. The summed E-state index contributed by atoms with van der Waals surface area (Å²) in [6.45, 7) is 10.4. The average molecular weight is 146 g/mol. The van der Waals surface area contributed by atoms with E-state index in [1.165, 1.54) is 0 Å². The van der Waals surface area contributed by atoms with Gasteiger partial charge in [-0.1, -0.05) is 27.7 Å². The quantitative estimate of drug-likeness (QED) is 0.564. The Morgan fingerprint density at radius 3 is 1.33 bits per heavy atom. The van der Waals surface area contributed by atoms with E-state index < -0.39 is 0 Å². The van der Waals surface area contributed by atoms with E-state index in [0.717, 1.165) is 13.1 Å². The molecule has 9 heavy (non-hydrogen) atoms. The second kappa shape index (κ2) is 23.6. The average Bonchev–Trinajstić information content (AvgIpc) is 1.71. The Balaban J connectivity index is -0.0000000800. The maximum atomic E-state index is 3.11. The van der Waals surface area contributed by atoms with Gasteiger partial charge < -0.3 is 5.32 Å². The smallest absolute Gasteiger partial charge is 0.187 e. The van der Waals surface area contributed by atoms with Crippen LogP contribution in [0.2, 0.25) is 0 Å². The van der Waals surface area contributed by atoms with Crippen LogP contribution in [0.15, 0.2) is 0 Å². The molecule has 0 aliphatic heterocycles. The molecule has 0 saturated carbocycles. The van der Waals surface area contributed by atoms with Crippen molar-refractivity contribution in [2.45, 2.75) is 27.7 Å². The first-order valence-corrected chi connectivity index (χ1v) is 3.28. The van der Waals surface area contributed by atoms with Crippen LogP contribution in [0.3, 0.4) is 0 Å². The zero-order valence-corrected chi connectivity index (χ0v) is 6.49. The van der Waals surface area contributed by atoms with Gasteiger partial charge in [0, 0.05) is 0 Å². The largest absolute Gasteiger partial charge is 0.317 e. The first-order chi connectivity index (χ1) is 3.83. The molecule has 1 nitrogen and oxygen atoms in total. The van der Waals surface area contributed by atoms with Crippen molar-refractivity contribution in [1.82, 2.24) is 5.32 Å². The summed E-state index contributed by atoms with van der Waals surface area (Å²) in [4.78, 5) is 0. The molecule has 2 heteroatoms. The van der Waals surface area contributed by atoms with Crippen molar-refractivity contribution in [3.05, 3.63) is 6.42 Å². The normalized spacial score (nSPS) is 6.67. The molecule has 1 N–H and O–H groups in total. The third-order valence-corrected chi connectivity index (χ3v) is 0.500. The highest BCUT2D eigenvalue weighted by molar-refractivity contribution is 5.75. The van der Waals surface area contributed by atoms with Gasteiger partial charge in [-0.25, -0.2) is 0 Å². The molecule has 0 saturated heterocycles. The van der Waals surface area contributed by atoms with Crippen molar-refractivity contribution in [3.8, 4) is 0 Å². The Morgan fingerprint density at radius 1 is 1.11 bits per heavy atom. The first-order valence-electron chi connectivity index (χ1n) is 3.28. The molecule has 0 rings (SSSR count). The van der Waals surface area contributed by atoms with Gasteiger partial charge in [-0.3, -0.25) is 0 Å². The minimum absolute atomic E-state index is 0. The van der Waals surface area contributed by atoms with Crippen LogP contribution in [0.4, 0.5) is 0 Å². The third-order valence-electron chi connectivity index (χ3n) is 0.500. The fourth-order valence-electron chi connectivity index (χ4n) is 0.250. The van der Waals surface area contributed by atoms with Crippen LogP contribution >= 0.6 is 0 Å². The minimum Gasteiger partial charge on any atom is -0.317 e. The summed E-state index contributed by atoms with van der Waals surface area (Å²) >= 11 is 0. The van der Waals surface area contributed by atoms with Gasteiger partial charge in [-0.15, -0.1) is 0 Å². The Kier molecular flexibility index (Phi) is 42.6. The lowest BCUT2D eigenvalue weighted by atomic mass is 10.6. The predicted octanol–water partition coefficient (Wildman–Crippen LogP) is 0.662. The van der Waals surface area contributed by atoms with Crippen LogP contribution in [0.5, 0.6) is 0 Å². The van der Waals surface area contributed by atoms with Gasteiger partial charge in [0.1, 0.15) is 0 Å². The van der Waals surface area contributed by atoms with Crippen molar-refractivity contribution in [1.29, 1.82) is 0 Å². The Bertz CT molecular complexity index is 22.9. The fourth-order valence-corrected chi connectivity index (χ4v) is 0.250. The van der Waals surface area contributed by atoms with E-state index in [2.05, 4.69) is 19.2 Å². The molecule has 1 radical (unpaired) electrons. The molecular formula is C7H21AlN. The Labute approximate surface area is 70.4 Å². The number of hydrogen-bond acceptors (Lipinski definition) is 1. The second-order valence-electron chi connectivity index (χ2n) is 1.53. The lowest BCUT2D eigenvalue weighted by Crippen LogP contribution is -2.09. The van der Waals surface area contributed by atoms with Crippen LogP contribution in [0.25, 0.3) is 0 Å². The van der Waals surface area contributed by atoms with E-state index in [1.54, 1.807) is 0 Å². The molecule has 0 atom stereocenters. The highest BCUT2D eigenvalue weighted by Gasteiger charge is 1.62. The molecule has 0 aromatic heterocycles. The van der Waals surface area contributed by atoms with Crippen LogP contribution in [0.1, 0.15) is 27.7 Å². The molecule has 0 spiro atoms. The highest BCUT2D eigenvalue weighted by Crippen LogP contribution is 1.53. The van der Waals surface area contributed by atoms with E-state index in [1.807, 2.05) is 20.3 Å². The molecule has 0 heterocycles. The van der Waals surface area contributed by atoms with Gasteiger partial charge in [-0.05, 0) is 19.5 Å². The molecule has 0 aliphatic rings. The van der Waals surface area contributed by atoms with Crippen LogP contribution in [-0.2, 0) is 0 Å². The maximum absolute atomic E-state index is 3.11. The van der Waals surface area contributed by atoms with Crippen molar-refractivity contribution < 1.29 is 0 Å². The summed E-state index contributed by atoms with van der Waals surface area (Å²) in [5.41, 5.74) is 0. The van der Waals surface area contributed by atoms with E-state index in [-0.39, 0.29) is 17.4 Å². The molecule has 0 aromatic rings. The van der Waals surface area contributed by atoms with Gasteiger partial charge in [-0.2, -0.15) is 0 Å². The molecule has 0 aliphatic carbocycles. The molecule has 0 bridgehead atoms. The van der Waals surface area contributed by atoms with E-state index >= 15 is 0 Å². The molecule has 0 unspecified atom stereocenters. The van der Waals surface area contributed by atoms with Crippen molar-refractivity contribution in [3.63, 3.8) is 0 Å². The van der Waals surface area contributed by atoms with Gasteiger partial charge in [0.2, 0.25) is 0 Å². The van der Waals surface area contributed by atoms with Gasteiger partial charge >= 0.3 is 0 Å². The first kappa shape index (κ1) is 16.2. The summed E-state index contributed by atoms with van der Waals surface area (Å²) in [6.07, 6.45) is 2.00. The highest BCUT2D eigenvalue weighted by atomic mass is 27.0. The molecule has 0 amide bonds. The van der Waals surface area contributed by atoms with E-state index in [4.69, 9.17) is 0 Å². The monoisotopic (exact) mass is 146 g/mol. The molecular weight excluding hydrogens is 125 g/mol. The summed E-state index contributed by atoms with van der Waals surface area (Å²) < 4.78 is 0. The van der Waals surface area contributed by atoms with E-state index in [9.17, 15) is 0 Å².